The number of anilines is 4. The van der Waals surface area contributed by atoms with Gasteiger partial charge in [0.05, 0.1) is 48.0 Å². The highest BCUT2D eigenvalue weighted by Gasteiger charge is 2.25. The molecule has 11 nitrogen and oxygen atoms in total. The normalized spacial score (nSPS) is 16.2. The fourth-order valence-electron chi connectivity index (χ4n) is 5.01. The molecule has 3 N–H and O–H groups in total. The highest BCUT2D eigenvalue weighted by atomic mass is 32.1. The Labute approximate surface area is 255 Å². The van der Waals surface area contributed by atoms with Crippen LogP contribution >= 0.6 is 11.3 Å². The molecule has 1 aromatic carbocycles. The summed E-state index contributed by atoms with van der Waals surface area (Å²) in [4.78, 5) is 24.7. The molecule has 0 radical (unpaired) electrons. The molecular formula is C31H38N8O3S. The zero-order valence-corrected chi connectivity index (χ0v) is 25.6. The number of methoxy groups -OCH3 is 2. The summed E-state index contributed by atoms with van der Waals surface area (Å²) in [5, 5.41) is 18.0. The molecule has 12 heteroatoms. The van der Waals surface area contributed by atoms with Crippen LogP contribution < -0.4 is 20.3 Å². The van der Waals surface area contributed by atoms with Gasteiger partial charge in [-0.15, -0.1) is 0 Å². The van der Waals surface area contributed by atoms with Crippen molar-refractivity contribution in [3.05, 3.63) is 54.4 Å². The summed E-state index contributed by atoms with van der Waals surface area (Å²) in [6.07, 6.45) is 5.23. The van der Waals surface area contributed by atoms with Crippen LogP contribution in [0.4, 0.5) is 22.6 Å². The van der Waals surface area contributed by atoms with E-state index in [1.807, 2.05) is 42.6 Å². The monoisotopic (exact) mass is 602 g/mol. The van der Waals surface area contributed by atoms with Gasteiger partial charge in [0.15, 0.2) is 5.13 Å². The van der Waals surface area contributed by atoms with Crippen molar-refractivity contribution < 1.29 is 14.6 Å². The van der Waals surface area contributed by atoms with Crippen LogP contribution in [0, 0.1) is 0 Å². The van der Waals surface area contributed by atoms with E-state index in [0.717, 1.165) is 96.2 Å². The number of aliphatic hydroxyl groups is 1. The van der Waals surface area contributed by atoms with Gasteiger partial charge in [-0.25, -0.2) is 19.9 Å². The van der Waals surface area contributed by atoms with Crippen molar-refractivity contribution in [3.63, 3.8) is 0 Å². The molecule has 1 saturated heterocycles. The number of aliphatic hydroxyl groups excluding tert-OH is 1. The average Bonchev–Trinajstić information content (AvgIpc) is 3.75. The summed E-state index contributed by atoms with van der Waals surface area (Å²) >= 11 is 1.57. The highest BCUT2D eigenvalue weighted by Crippen LogP contribution is 2.41. The number of thiazole rings is 1. The molecule has 3 aromatic heterocycles. The number of hydrogen-bond donors (Lipinski definition) is 3. The molecular weight excluding hydrogens is 564 g/mol. The number of rotatable bonds is 12. The second kappa shape index (κ2) is 13.2. The van der Waals surface area contributed by atoms with Crippen LogP contribution in [0.3, 0.4) is 0 Å². The minimum Gasteiger partial charge on any atom is -0.497 e. The van der Waals surface area contributed by atoms with Gasteiger partial charge < -0.3 is 30.1 Å². The lowest BCUT2D eigenvalue weighted by atomic mass is 10.0. The molecule has 0 amide bonds. The van der Waals surface area contributed by atoms with Gasteiger partial charge in [-0.2, -0.15) is 0 Å². The van der Waals surface area contributed by atoms with Gasteiger partial charge >= 0.3 is 0 Å². The molecule has 2 fully saturated rings. The van der Waals surface area contributed by atoms with E-state index in [9.17, 15) is 5.11 Å². The van der Waals surface area contributed by atoms with Crippen molar-refractivity contribution in [2.45, 2.75) is 31.9 Å². The largest absolute Gasteiger partial charge is 0.497 e. The summed E-state index contributed by atoms with van der Waals surface area (Å²) in [5.41, 5.74) is 3.98. The second-order valence-electron chi connectivity index (χ2n) is 10.9. The number of hydrogen-bond acceptors (Lipinski definition) is 12. The summed E-state index contributed by atoms with van der Waals surface area (Å²) < 4.78 is 10.8. The van der Waals surface area contributed by atoms with Crippen molar-refractivity contribution in [2.75, 3.05) is 69.1 Å². The first-order valence-electron chi connectivity index (χ1n) is 14.7. The Hall–Kier alpha value is -3.84. The molecule has 1 atom stereocenters. The van der Waals surface area contributed by atoms with Gasteiger partial charge in [-0.3, -0.25) is 4.90 Å². The molecule has 6 rings (SSSR count). The van der Waals surface area contributed by atoms with Gasteiger partial charge in [0.25, 0.3) is 0 Å². The first kappa shape index (κ1) is 29.2. The van der Waals surface area contributed by atoms with E-state index < -0.39 is 6.10 Å². The third-order valence-electron chi connectivity index (χ3n) is 7.65. The Morgan fingerprint density at radius 1 is 1.05 bits per heavy atom. The highest BCUT2D eigenvalue weighted by molar-refractivity contribution is 7.19. The quantitative estimate of drug-likeness (QED) is 0.207. The first-order chi connectivity index (χ1) is 21.0. The number of pyridine rings is 1. The van der Waals surface area contributed by atoms with Crippen LogP contribution in [0.1, 0.15) is 31.4 Å². The lowest BCUT2D eigenvalue weighted by Crippen LogP contribution is -2.47. The number of nitrogens with zero attached hydrogens (tertiary/aromatic N) is 6. The van der Waals surface area contributed by atoms with Crippen molar-refractivity contribution in [1.82, 2.24) is 24.8 Å². The molecule has 1 aliphatic heterocycles. The Kier molecular flexibility index (Phi) is 8.98. The Bertz CT molecular complexity index is 1520. The molecule has 226 valence electrons. The molecule has 1 saturated carbocycles. The van der Waals surface area contributed by atoms with Crippen LogP contribution in [0.15, 0.2) is 48.8 Å². The van der Waals surface area contributed by atoms with Crippen molar-refractivity contribution in [3.8, 4) is 27.6 Å². The topological polar surface area (TPSA) is 121 Å². The van der Waals surface area contributed by atoms with Crippen molar-refractivity contribution in [1.29, 1.82) is 0 Å². The molecule has 2 aliphatic rings. The lowest BCUT2D eigenvalue weighted by molar-refractivity contribution is 0.144. The van der Waals surface area contributed by atoms with Crippen LogP contribution in [-0.2, 0) is 4.74 Å². The predicted molar refractivity (Wildman–Crippen MR) is 170 cm³/mol. The third kappa shape index (κ3) is 7.21. The van der Waals surface area contributed by atoms with Crippen LogP contribution in [0.2, 0.25) is 0 Å². The average molecular weight is 603 g/mol. The standard InChI is InChI=1S/C31H38N8O3S/c1-20(40)21-16-22(18-25(17-21)42-3)28-29(43-31(37-28)35-23-4-5-23)26-8-9-32-30(36-26)34-24-6-7-27(33-19-24)39-12-10-38(11-13-39)14-15-41-2/h6-9,16-20,23,40H,4-5,10-15H2,1-3H3,(H,35,37)(H,32,34,36). The van der Waals surface area contributed by atoms with Crippen LogP contribution in [0.25, 0.3) is 21.8 Å². The maximum atomic E-state index is 10.3. The molecule has 1 unspecified atom stereocenters. The summed E-state index contributed by atoms with van der Waals surface area (Å²) in [7, 11) is 3.37. The Morgan fingerprint density at radius 3 is 2.58 bits per heavy atom. The van der Waals surface area contributed by atoms with E-state index in [4.69, 9.17) is 24.4 Å². The van der Waals surface area contributed by atoms with E-state index in [1.165, 1.54) is 0 Å². The number of piperazine rings is 1. The molecule has 4 aromatic rings. The first-order valence-corrected chi connectivity index (χ1v) is 15.5. The summed E-state index contributed by atoms with van der Waals surface area (Å²) in [6, 6.07) is 12.2. The van der Waals surface area contributed by atoms with Gasteiger partial charge in [0, 0.05) is 57.6 Å². The zero-order chi connectivity index (χ0) is 29.8. The lowest BCUT2D eigenvalue weighted by Gasteiger charge is -2.35. The van der Waals surface area contributed by atoms with E-state index >= 15 is 0 Å². The number of benzene rings is 1. The minimum absolute atomic E-state index is 0.461. The summed E-state index contributed by atoms with van der Waals surface area (Å²) in [6.45, 7) is 7.34. The number of ether oxygens (including phenoxy) is 2. The van der Waals surface area contributed by atoms with E-state index in [1.54, 1.807) is 38.7 Å². The zero-order valence-electron chi connectivity index (χ0n) is 24.8. The van der Waals surface area contributed by atoms with E-state index in [-0.39, 0.29) is 0 Å². The van der Waals surface area contributed by atoms with E-state index in [2.05, 4.69) is 25.4 Å². The Morgan fingerprint density at radius 2 is 1.88 bits per heavy atom. The molecule has 43 heavy (non-hydrogen) atoms. The van der Waals surface area contributed by atoms with Gasteiger partial charge in [-0.1, -0.05) is 11.3 Å². The smallest absolute Gasteiger partial charge is 0.227 e. The van der Waals surface area contributed by atoms with E-state index in [0.29, 0.717) is 17.7 Å². The van der Waals surface area contributed by atoms with Gasteiger partial charge in [0.2, 0.25) is 5.95 Å². The van der Waals surface area contributed by atoms with Crippen LogP contribution in [-0.4, -0.2) is 89.5 Å². The maximum absolute atomic E-state index is 10.3. The third-order valence-corrected chi connectivity index (χ3v) is 8.66. The Balaban J connectivity index is 1.22. The fraction of sp³-hybridized carbons (Fsp3) is 0.419. The number of nitrogens with one attached hydrogen (secondary N) is 2. The molecule has 0 spiro atoms. The second-order valence-corrected chi connectivity index (χ2v) is 11.9. The maximum Gasteiger partial charge on any atom is 0.227 e. The van der Waals surface area contributed by atoms with Crippen LogP contribution in [0.5, 0.6) is 5.75 Å². The fourth-order valence-corrected chi connectivity index (χ4v) is 6.05. The summed E-state index contributed by atoms with van der Waals surface area (Å²) in [5.74, 6) is 2.11. The van der Waals surface area contributed by atoms with Gasteiger partial charge in [0.1, 0.15) is 11.6 Å². The minimum atomic E-state index is -0.639. The van der Waals surface area contributed by atoms with Crippen molar-refractivity contribution in [2.24, 2.45) is 0 Å². The van der Waals surface area contributed by atoms with Crippen molar-refractivity contribution >= 4 is 33.9 Å². The molecule has 1 aliphatic carbocycles. The number of aromatic nitrogens is 4. The molecule has 4 heterocycles. The van der Waals surface area contributed by atoms with Gasteiger partial charge in [-0.05, 0) is 61.7 Å². The predicted octanol–water partition coefficient (Wildman–Crippen LogP) is 4.81. The molecule has 0 bridgehead atoms. The SMILES string of the molecule is COCCN1CCN(c2ccc(Nc3nccc(-c4sc(NC5CC5)nc4-c4cc(OC)cc(C(C)O)c4)n3)cn2)CC1.